The van der Waals surface area contributed by atoms with E-state index in [1.54, 1.807) is 0 Å². The van der Waals surface area contributed by atoms with E-state index in [0.29, 0.717) is 0 Å². The van der Waals surface area contributed by atoms with Gasteiger partial charge in [0.25, 0.3) is 0 Å². The maximum atomic E-state index is 6.14. The van der Waals surface area contributed by atoms with Gasteiger partial charge < -0.3 is 4.42 Å². The van der Waals surface area contributed by atoms with E-state index >= 15 is 0 Å². The molecule has 0 N–H and O–H groups in total. The Morgan fingerprint density at radius 3 is 2.35 bits per heavy atom. The van der Waals surface area contributed by atoms with Gasteiger partial charge in [-0.2, -0.15) is 0 Å². The van der Waals surface area contributed by atoms with Crippen molar-refractivity contribution in [2.24, 2.45) is 0 Å². The van der Waals surface area contributed by atoms with Crippen molar-refractivity contribution in [3.05, 3.63) is 82.4 Å². The maximum absolute atomic E-state index is 6.14. The Balaban J connectivity index is 1.85. The molecule has 4 rings (SSSR count). The maximum Gasteiger partial charge on any atom is 0.138 e. The highest BCUT2D eigenvalue weighted by Crippen LogP contribution is 2.33. The molecule has 1 heterocycles. The fraction of sp³-hybridized carbons (Fsp3) is 0.182. The van der Waals surface area contributed by atoms with Crippen LogP contribution in [0.5, 0.6) is 0 Å². The molecule has 0 aliphatic heterocycles. The number of fused-ring (bicyclic) bond motifs is 3. The molecule has 0 amide bonds. The molecule has 114 valence electrons. The molecule has 1 aromatic heterocycles. The molecule has 4 aromatic rings. The highest BCUT2D eigenvalue weighted by molar-refractivity contribution is 6.06. The lowest BCUT2D eigenvalue weighted by atomic mass is 9.98. The van der Waals surface area contributed by atoms with Crippen LogP contribution in [0.3, 0.4) is 0 Å². The van der Waals surface area contributed by atoms with Gasteiger partial charge in [0.15, 0.2) is 0 Å². The molecule has 0 radical (unpaired) electrons. The predicted molar refractivity (Wildman–Crippen MR) is 97.2 cm³/mol. The minimum Gasteiger partial charge on any atom is -0.456 e. The molecule has 0 spiro atoms. The van der Waals surface area contributed by atoms with Crippen LogP contribution < -0.4 is 0 Å². The van der Waals surface area contributed by atoms with Gasteiger partial charge >= 0.3 is 0 Å². The summed E-state index contributed by atoms with van der Waals surface area (Å²) in [5.41, 5.74) is 8.48. The van der Waals surface area contributed by atoms with E-state index in [2.05, 4.69) is 75.4 Å². The van der Waals surface area contributed by atoms with Crippen molar-refractivity contribution >= 4 is 21.9 Å². The van der Waals surface area contributed by atoms with Crippen LogP contribution >= 0.6 is 0 Å². The average molecular weight is 300 g/mol. The lowest BCUT2D eigenvalue weighted by Crippen LogP contribution is -1.92. The monoisotopic (exact) mass is 300 g/mol. The zero-order chi connectivity index (χ0) is 16.0. The number of benzene rings is 3. The standard InChI is InChI=1S/C22H20O/c1-14-7-9-17(10-8-14)12-18-13-21-20(11-16(18)3)19-6-4-5-15(2)22(19)23-21/h4-11,13H,12H2,1-3H3. The zero-order valence-corrected chi connectivity index (χ0v) is 13.8. The summed E-state index contributed by atoms with van der Waals surface area (Å²) in [5, 5.41) is 2.43. The van der Waals surface area contributed by atoms with Gasteiger partial charge in [-0.3, -0.25) is 0 Å². The van der Waals surface area contributed by atoms with Crippen molar-refractivity contribution in [2.75, 3.05) is 0 Å². The summed E-state index contributed by atoms with van der Waals surface area (Å²) in [7, 11) is 0. The largest absolute Gasteiger partial charge is 0.456 e. The normalized spacial score (nSPS) is 11.4. The lowest BCUT2D eigenvalue weighted by Gasteiger charge is -2.07. The summed E-state index contributed by atoms with van der Waals surface area (Å²) in [6.07, 6.45) is 0.943. The van der Waals surface area contributed by atoms with Crippen LogP contribution in [-0.2, 0) is 6.42 Å². The molecule has 3 aromatic carbocycles. The Morgan fingerprint density at radius 1 is 0.783 bits per heavy atom. The van der Waals surface area contributed by atoms with Gasteiger partial charge in [0.2, 0.25) is 0 Å². The second-order valence-electron chi connectivity index (χ2n) is 6.49. The Hall–Kier alpha value is -2.54. The summed E-state index contributed by atoms with van der Waals surface area (Å²) in [5.74, 6) is 0. The molecule has 1 nitrogen and oxygen atoms in total. The van der Waals surface area contributed by atoms with Crippen LogP contribution in [-0.4, -0.2) is 0 Å². The number of hydrogen-bond acceptors (Lipinski definition) is 1. The number of furan rings is 1. The summed E-state index contributed by atoms with van der Waals surface area (Å²) < 4.78 is 6.14. The first-order valence-corrected chi connectivity index (χ1v) is 8.09. The highest BCUT2D eigenvalue weighted by atomic mass is 16.3. The van der Waals surface area contributed by atoms with E-state index in [1.165, 1.54) is 38.6 Å². The first kappa shape index (κ1) is 14.1. The minimum atomic E-state index is 0.943. The highest BCUT2D eigenvalue weighted by Gasteiger charge is 2.11. The van der Waals surface area contributed by atoms with E-state index in [1.807, 2.05) is 0 Å². The van der Waals surface area contributed by atoms with Crippen LogP contribution in [0.1, 0.15) is 27.8 Å². The topological polar surface area (TPSA) is 13.1 Å². The van der Waals surface area contributed by atoms with E-state index in [-0.39, 0.29) is 0 Å². The van der Waals surface area contributed by atoms with Crippen LogP contribution in [0.4, 0.5) is 0 Å². The van der Waals surface area contributed by atoms with Crippen molar-refractivity contribution in [3.8, 4) is 0 Å². The molecule has 0 saturated heterocycles. The summed E-state index contributed by atoms with van der Waals surface area (Å²) in [6.45, 7) is 6.42. The van der Waals surface area contributed by atoms with E-state index in [0.717, 1.165) is 17.6 Å². The number of rotatable bonds is 2. The minimum absolute atomic E-state index is 0.943. The van der Waals surface area contributed by atoms with Gasteiger partial charge in [-0.05, 0) is 61.6 Å². The fourth-order valence-electron chi connectivity index (χ4n) is 3.25. The fourth-order valence-corrected chi connectivity index (χ4v) is 3.25. The summed E-state index contributed by atoms with van der Waals surface area (Å²) >= 11 is 0. The third-order valence-corrected chi connectivity index (χ3v) is 4.67. The van der Waals surface area contributed by atoms with Crippen molar-refractivity contribution in [3.63, 3.8) is 0 Å². The van der Waals surface area contributed by atoms with Crippen molar-refractivity contribution < 1.29 is 4.42 Å². The average Bonchev–Trinajstić information content (AvgIpc) is 2.89. The van der Waals surface area contributed by atoms with Gasteiger partial charge in [-0.15, -0.1) is 0 Å². The zero-order valence-electron chi connectivity index (χ0n) is 13.8. The molecule has 23 heavy (non-hydrogen) atoms. The summed E-state index contributed by atoms with van der Waals surface area (Å²) in [4.78, 5) is 0. The molecule has 0 unspecified atom stereocenters. The Morgan fingerprint density at radius 2 is 1.57 bits per heavy atom. The first-order valence-electron chi connectivity index (χ1n) is 8.09. The van der Waals surface area contributed by atoms with Crippen molar-refractivity contribution in [1.82, 2.24) is 0 Å². The van der Waals surface area contributed by atoms with Gasteiger partial charge in [-0.25, -0.2) is 0 Å². The van der Waals surface area contributed by atoms with Crippen molar-refractivity contribution in [1.29, 1.82) is 0 Å². The van der Waals surface area contributed by atoms with Crippen LogP contribution in [0.15, 0.2) is 59.0 Å². The Kier molecular flexibility index (Phi) is 3.23. The van der Waals surface area contributed by atoms with Gasteiger partial charge in [0.1, 0.15) is 11.2 Å². The number of hydrogen-bond donors (Lipinski definition) is 0. The van der Waals surface area contributed by atoms with Gasteiger partial charge in [0, 0.05) is 10.8 Å². The lowest BCUT2D eigenvalue weighted by molar-refractivity contribution is 0.665. The molecule has 0 bridgehead atoms. The Bertz CT molecular complexity index is 1000. The van der Waals surface area contributed by atoms with Crippen molar-refractivity contribution in [2.45, 2.75) is 27.2 Å². The van der Waals surface area contributed by atoms with Crippen LogP contribution in [0, 0.1) is 20.8 Å². The number of aryl methyl sites for hydroxylation is 3. The molecular weight excluding hydrogens is 280 g/mol. The molecule has 1 heteroatoms. The molecule has 0 saturated carbocycles. The third kappa shape index (κ3) is 2.43. The molecule has 0 aliphatic rings. The first-order chi connectivity index (χ1) is 11.1. The smallest absolute Gasteiger partial charge is 0.138 e. The van der Waals surface area contributed by atoms with E-state index in [9.17, 15) is 0 Å². The SMILES string of the molecule is Cc1ccc(Cc2cc3oc4c(C)cccc4c3cc2C)cc1. The second kappa shape index (κ2) is 5.27. The Labute approximate surface area is 136 Å². The van der Waals surface area contributed by atoms with Crippen LogP contribution in [0.25, 0.3) is 21.9 Å². The summed E-state index contributed by atoms with van der Waals surface area (Å²) in [6, 6.07) is 19.6. The van der Waals surface area contributed by atoms with Crippen LogP contribution in [0.2, 0.25) is 0 Å². The second-order valence-corrected chi connectivity index (χ2v) is 6.49. The molecular formula is C22H20O. The van der Waals surface area contributed by atoms with Gasteiger partial charge in [0.05, 0.1) is 0 Å². The third-order valence-electron chi connectivity index (χ3n) is 4.67. The quantitative estimate of drug-likeness (QED) is 0.436. The van der Waals surface area contributed by atoms with Gasteiger partial charge in [-0.1, -0.05) is 48.0 Å². The molecule has 0 atom stereocenters. The van der Waals surface area contributed by atoms with E-state index in [4.69, 9.17) is 4.42 Å². The molecule has 0 fully saturated rings. The van der Waals surface area contributed by atoms with E-state index < -0.39 is 0 Å². The number of para-hydroxylation sites is 1. The molecule has 0 aliphatic carbocycles. The predicted octanol–water partition coefficient (Wildman–Crippen LogP) is 6.10.